The van der Waals surface area contributed by atoms with Gasteiger partial charge in [0.25, 0.3) is 0 Å². The number of para-hydroxylation sites is 1. The molecule has 0 aliphatic heterocycles. The van der Waals surface area contributed by atoms with Crippen LogP contribution in [0.4, 0.5) is 5.69 Å². The van der Waals surface area contributed by atoms with Crippen LogP contribution in [0.5, 0.6) is 0 Å². The molecule has 0 unspecified atom stereocenters. The minimum atomic E-state index is -1.02. The Kier molecular flexibility index (Phi) is 22.0. The minimum Gasteiger partial charge on any atom is -0.478 e. The number of rotatable bonds is 26. The monoisotopic (exact) mass is 515 g/mol. The second-order valence-corrected chi connectivity index (χ2v) is 10.9. The number of carboxylic acid groups (broad SMARTS) is 1. The molecule has 0 atom stereocenters. The largest absolute Gasteiger partial charge is 0.478 e. The Bertz CT molecular complexity index is 688. The molecule has 0 heterocycles. The van der Waals surface area contributed by atoms with Crippen molar-refractivity contribution in [2.75, 3.05) is 5.32 Å². The highest BCUT2D eigenvalue weighted by Gasteiger charge is 2.11. The van der Waals surface area contributed by atoms with Crippen molar-refractivity contribution in [3.63, 3.8) is 0 Å². The van der Waals surface area contributed by atoms with E-state index in [2.05, 4.69) is 12.2 Å². The molecule has 0 aliphatic carbocycles. The molecule has 0 radical (unpaired) electrons. The molecule has 0 fully saturated rings. The average Bonchev–Trinajstić information content (AvgIpc) is 2.89. The van der Waals surface area contributed by atoms with Crippen molar-refractivity contribution >= 4 is 17.6 Å². The summed E-state index contributed by atoms with van der Waals surface area (Å²) in [6.45, 7) is 2.29. The van der Waals surface area contributed by atoms with E-state index < -0.39 is 5.97 Å². The van der Waals surface area contributed by atoms with Crippen LogP contribution in [-0.2, 0) is 4.79 Å². The molecule has 4 nitrogen and oxygen atoms in total. The lowest BCUT2D eigenvalue weighted by Gasteiger charge is -2.08. The number of carbonyl (C=O) groups excluding carboxylic acids is 1. The van der Waals surface area contributed by atoms with Crippen LogP contribution in [0.3, 0.4) is 0 Å². The molecular formula is C33H57NO3. The van der Waals surface area contributed by atoms with Crippen molar-refractivity contribution < 1.29 is 14.7 Å². The first kappa shape index (κ1) is 33.2. The minimum absolute atomic E-state index is 0.0998. The van der Waals surface area contributed by atoms with E-state index in [4.69, 9.17) is 0 Å². The lowest BCUT2D eigenvalue weighted by atomic mass is 10.0. The summed E-state index contributed by atoms with van der Waals surface area (Å²) in [5.41, 5.74) is 0.522. The summed E-state index contributed by atoms with van der Waals surface area (Å²) >= 11 is 0. The van der Waals surface area contributed by atoms with E-state index in [9.17, 15) is 14.7 Å². The molecule has 1 amide bonds. The van der Waals surface area contributed by atoms with Crippen LogP contribution in [0.1, 0.15) is 171 Å². The van der Waals surface area contributed by atoms with Gasteiger partial charge in [0.15, 0.2) is 0 Å². The lowest BCUT2D eigenvalue weighted by molar-refractivity contribution is -0.116. The molecule has 0 aliphatic rings. The van der Waals surface area contributed by atoms with Gasteiger partial charge < -0.3 is 10.4 Å². The highest BCUT2D eigenvalue weighted by Crippen LogP contribution is 2.17. The number of nitrogens with one attached hydrogen (secondary N) is 1. The topological polar surface area (TPSA) is 66.4 Å². The van der Waals surface area contributed by atoms with Gasteiger partial charge in [-0.1, -0.05) is 160 Å². The Morgan fingerprint density at radius 1 is 0.568 bits per heavy atom. The second-order valence-electron chi connectivity index (χ2n) is 10.9. The van der Waals surface area contributed by atoms with E-state index in [0.29, 0.717) is 12.1 Å². The van der Waals surface area contributed by atoms with Crippen molar-refractivity contribution in [2.45, 2.75) is 161 Å². The molecule has 0 aromatic heterocycles. The number of carbonyl (C=O) groups is 2. The molecule has 1 aromatic rings. The van der Waals surface area contributed by atoms with Gasteiger partial charge in [-0.2, -0.15) is 0 Å². The van der Waals surface area contributed by atoms with Gasteiger partial charge >= 0.3 is 5.97 Å². The number of anilines is 1. The zero-order valence-electron chi connectivity index (χ0n) is 24.0. The van der Waals surface area contributed by atoms with Gasteiger partial charge in [-0.15, -0.1) is 0 Å². The normalized spacial score (nSPS) is 11.1. The first-order valence-electron chi connectivity index (χ1n) is 15.8. The van der Waals surface area contributed by atoms with Crippen molar-refractivity contribution in [1.29, 1.82) is 0 Å². The van der Waals surface area contributed by atoms with Crippen molar-refractivity contribution in [2.24, 2.45) is 0 Å². The quantitative estimate of drug-likeness (QED) is 0.121. The van der Waals surface area contributed by atoms with Gasteiger partial charge in [-0.25, -0.2) is 4.79 Å². The number of amides is 1. The van der Waals surface area contributed by atoms with E-state index in [0.717, 1.165) is 12.8 Å². The maximum atomic E-state index is 12.1. The van der Waals surface area contributed by atoms with Gasteiger partial charge in [0.05, 0.1) is 11.3 Å². The summed E-state index contributed by atoms with van der Waals surface area (Å²) in [6, 6.07) is 6.56. The predicted molar refractivity (Wildman–Crippen MR) is 159 cm³/mol. The highest BCUT2D eigenvalue weighted by atomic mass is 16.4. The number of aromatic carboxylic acids is 1. The fourth-order valence-electron chi connectivity index (χ4n) is 5.06. The molecule has 2 N–H and O–H groups in total. The van der Waals surface area contributed by atoms with Gasteiger partial charge in [-0.3, -0.25) is 4.79 Å². The second kappa shape index (κ2) is 24.5. The molecular weight excluding hydrogens is 458 g/mol. The first-order chi connectivity index (χ1) is 18.1. The molecule has 0 saturated heterocycles. The predicted octanol–water partition coefficient (Wildman–Crippen LogP) is 10.7. The Hall–Kier alpha value is -1.84. The number of hydrogen-bond donors (Lipinski definition) is 2. The van der Waals surface area contributed by atoms with E-state index in [1.807, 2.05) is 0 Å². The summed E-state index contributed by atoms with van der Waals surface area (Å²) in [6.07, 6.45) is 31.7. The fraction of sp³-hybridized carbons (Fsp3) is 0.758. The summed E-state index contributed by atoms with van der Waals surface area (Å²) in [5, 5.41) is 11.9. The van der Waals surface area contributed by atoms with Crippen LogP contribution >= 0.6 is 0 Å². The van der Waals surface area contributed by atoms with Crippen molar-refractivity contribution in [3.8, 4) is 0 Å². The van der Waals surface area contributed by atoms with Crippen LogP contribution < -0.4 is 5.32 Å². The van der Waals surface area contributed by atoms with Crippen molar-refractivity contribution in [1.82, 2.24) is 0 Å². The zero-order chi connectivity index (χ0) is 26.8. The van der Waals surface area contributed by atoms with Gasteiger partial charge in [0, 0.05) is 6.42 Å². The third-order valence-electron chi connectivity index (χ3n) is 7.44. The maximum Gasteiger partial charge on any atom is 0.337 e. The molecule has 37 heavy (non-hydrogen) atoms. The summed E-state index contributed by atoms with van der Waals surface area (Å²) in [5.74, 6) is -1.12. The average molecular weight is 516 g/mol. The van der Waals surface area contributed by atoms with Crippen LogP contribution in [0.15, 0.2) is 24.3 Å². The first-order valence-corrected chi connectivity index (χ1v) is 15.8. The lowest BCUT2D eigenvalue weighted by Crippen LogP contribution is -2.14. The fourth-order valence-corrected chi connectivity index (χ4v) is 5.06. The zero-order valence-corrected chi connectivity index (χ0v) is 24.0. The summed E-state index contributed by atoms with van der Waals surface area (Å²) in [7, 11) is 0. The molecule has 1 rings (SSSR count). The van der Waals surface area contributed by atoms with Crippen LogP contribution in [0, 0.1) is 0 Å². The molecule has 0 saturated carbocycles. The third-order valence-corrected chi connectivity index (χ3v) is 7.44. The Morgan fingerprint density at radius 2 is 0.919 bits per heavy atom. The number of hydrogen-bond acceptors (Lipinski definition) is 2. The van der Waals surface area contributed by atoms with Crippen LogP contribution in [0.25, 0.3) is 0 Å². The smallest absolute Gasteiger partial charge is 0.337 e. The Labute approximate surface area is 228 Å². The standard InChI is InChI=1S/C33H57NO3/c1-2-3-4-5-6-7-8-9-10-11-12-13-14-15-16-17-18-19-20-21-22-23-24-29-32(35)34-31-28-26-25-27-30(31)33(36)37/h25-28H,2-24,29H2,1H3,(H,34,35)(H,36,37). The summed E-state index contributed by atoms with van der Waals surface area (Å²) < 4.78 is 0. The van der Waals surface area contributed by atoms with Gasteiger partial charge in [0.2, 0.25) is 5.91 Å². The van der Waals surface area contributed by atoms with Gasteiger partial charge in [-0.05, 0) is 18.6 Å². The molecule has 0 bridgehead atoms. The number of carboxylic acids is 1. The molecule has 0 spiro atoms. The van der Waals surface area contributed by atoms with Crippen LogP contribution in [0.2, 0.25) is 0 Å². The third kappa shape index (κ3) is 19.9. The van der Waals surface area contributed by atoms with E-state index in [1.54, 1.807) is 18.2 Å². The SMILES string of the molecule is CCCCCCCCCCCCCCCCCCCCCCCCCC(=O)Nc1ccccc1C(=O)O. The van der Waals surface area contributed by atoms with Crippen molar-refractivity contribution in [3.05, 3.63) is 29.8 Å². The van der Waals surface area contributed by atoms with Crippen LogP contribution in [-0.4, -0.2) is 17.0 Å². The highest BCUT2D eigenvalue weighted by molar-refractivity contribution is 6.00. The molecule has 1 aromatic carbocycles. The van der Waals surface area contributed by atoms with E-state index in [1.165, 1.54) is 141 Å². The Balaban J connectivity index is 1.78. The van der Waals surface area contributed by atoms with E-state index >= 15 is 0 Å². The number of unbranched alkanes of at least 4 members (excludes halogenated alkanes) is 22. The molecule has 4 heteroatoms. The number of benzene rings is 1. The summed E-state index contributed by atoms with van der Waals surface area (Å²) in [4.78, 5) is 23.3. The maximum absolute atomic E-state index is 12.1. The Morgan fingerprint density at radius 3 is 1.30 bits per heavy atom. The molecule has 212 valence electrons. The van der Waals surface area contributed by atoms with Gasteiger partial charge in [0.1, 0.15) is 0 Å². The van der Waals surface area contributed by atoms with E-state index in [-0.39, 0.29) is 11.5 Å².